The van der Waals surface area contributed by atoms with Crippen LogP contribution in [0.3, 0.4) is 0 Å². The van der Waals surface area contributed by atoms with Crippen LogP contribution in [0.5, 0.6) is 0 Å². The van der Waals surface area contributed by atoms with E-state index in [1.54, 1.807) is 12.2 Å². The second kappa shape index (κ2) is 8.53. The van der Waals surface area contributed by atoms with Crippen molar-refractivity contribution < 1.29 is 36.6 Å². The largest absolute Gasteiger partial charge is 0.462 e. The predicted octanol–water partition coefficient (Wildman–Crippen LogP) is 1.19. The lowest BCUT2D eigenvalue weighted by atomic mass is 9.83. The van der Waals surface area contributed by atoms with Gasteiger partial charge in [-0.15, -0.1) is 9.35 Å². The van der Waals surface area contributed by atoms with Crippen molar-refractivity contribution >= 4 is 27.9 Å². The van der Waals surface area contributed by atoms with Crippen molar-refractivity contribution in [2.24, 2.45) is 23.7 Å². The highest BCUT2D eigenvalue weighted by Gasteiger charge is 2.53. The Morgan fingerprint density at radius 3 is 2.41 bits per heavy atom. The van der Waals surface area contributed by atoms with Crippen molar-refractivity contribution in [3.63, 3.8) is 0 Å². The third-order valence-corrected chi connectivity index (χ3v) is 6.40. The van der Waals surface area contributed by atoms with E-state index in [4.69, 9.17) is 9.47 Å². The van der Waals surface area contributed by atoms with Crippen LogP contribution in [0.2, 0.25) is 0 Å². The molecule has 9 nitrogen and oxygen atoms in total. The third-order valence-electron chi connectivity index (χ3n) is 5.98. The van der Waals surface area contributed by atoms with Gasteiger partial charge < -0.3 is 9.47 Å². The highest BCUT2D eigenvalue weighted by Crippen LogP contribution is 2.45. The molecule has 3 aliphatic carbocycles. The van der Waals surface area contributed by atoms with Gasteiger partial charge in [-0.1, -0.05) is 12.2 Å². The van der Waals surface area contributed by atoms with Crippen molar-refractivity contribution in [2.45, 2.75) is 51.2 Å². The lowest BCUT2D eigenvalue weighted by Crippen LogP contribution is -2.36. The maximum Gasteiger partial charge on any atom is 0.302 e. The monoisotopic (exact) mass is 429 g/mol. The van der Waals surface area contributed by atoms with Crippen LogP contribution >= 0.6 is 0 Å². The number of rotatable bonds is 4. The van der Waals surface area contributed by atoms with E-state index < -0.39 is 39.9 Å². The van der Waals surface area contributed by atoms with Crippen molar-refractivity contribution in [3.05, 3.63) is 12.2 Å². The number of ether oxygens (including phenoxy) is 2. The van der Waals surface area contributed by atoms with E-state index in [9.17, 15) is 22.8 Å². The minimum Gasteiger partial charge on any atom is -0.462 e. The second-order valence-corrected chi connectivity index (χ2v) is 9.63. The normalized spacial score (nSPS) is 35.3. The molecule has 0 spiro atoms. The number of hydrogen-bond donors (Lipinski definition) is 0. The number of carbonyl (C=O) groups is 3. The van der Waals surface area contributed by atoms with Gasteiger partial charge in [0.15, 0.2) is 0 Å². The number of imide groups is 1. The number of nitrogens with zero attached hydrogens (tertiary/aromatic N) is 1. The Hall–Kier alpha value is -1.78. The lowest BCUT2D eigenvalue weighted by Gasteiger charge is -2.24. The van der Waals surface area contributed by atoms with Crippen molar-refractivity contribution in [1.82, 2.24) is 5.06 Å². The number of esters is 1. The quantitative estimate of drug-likeness (QED) is 0.372. The molecular formula is C19H27NO8S. The number of hydrogen-bond acceptors (Lipinski definition) is 8. The average molecular weight is 429 g/mol. The minimum absolute atomic E-state index is 0.109. The Balaban J connectivity index is 0.000000186. The van der Waals surface area contributed by atoms with Crippen LogP contribution in [0.1, 0.15) is 39.0 Å². The van der Waals surface area contributed by atoms with E-state index in [1.165, 1.54) is 33.3 Å². The van der Waals surface area contributed by atoms with Crippen molar-refractivity contribution in [2.75, 3.05) is 13.4 Å². The fourth-order valence-corrected chi connectivity index (χ4v) is 5.21. The molecule has 4 rings (SSSR count). The van der Waals surface area contributed by atoms with E-state index in [-0.39, 0.29) is 12.1 Å². The SMILES string of the molecule is CC(=O)OC1CC2CCC1C2.COC1C=CCC2C(=O)N(OS(C)(=O)=O)C(=O)C12. The van der Waals surface area contributed by atoms with Crippen molar-refractivity contribution in [1.29, 1.82) is 0 Å². The molecule has 6 unspecified atom stereocenters. The summed E-state index contributed by atoms with van der Waals surface area (Å²) >= 11 is 0. The van der Waals surface area contributed by atoms with Crippen LogP contribution in [0, 0.1) is 23.7 Å². The Labute approximate surface area is 170 Å². The Morgan fingerprint density at radius 2 is 1.90 bits per heavy atom. The van der Waals surface area contributed by atoms with Crippen molar-refractivity contribution in [3.8, 4) is 0 Å². The van der Waals surface area contributed by atoms with E-state index in [0.717, 1.165) is 18.6 Å². The first-order valence-electron chi connectivity index (χ1n) is 9.74. The summed E-state index contributed by atoms with van der Waals surface area (Å²) in [5.41, 5.74) is 0. The first kappa shape index (κ1) is 21.9. The Kier molecular flexibility index (Phi) is 6.45. The highest BCUT2D eigenvalue weighted by atomic mass is 32.2. The van der Waals surface area contributed by atoms with Crippen LogP contribution in [0.15, 0.2) is 12.2 Å². The number of methoxy groups -OCH3 is 1. The smallest absolute Gasteiger partial charge is 0.302 e. The van der Waals surface area contributed by atoms with Crippen LogP contribution in [0.25, 0.3) is 0 Å². The van der Waals surface area contributed by atoms with Gasteiger partial charge in [0.1, 0.15) is 6.10 Å². The van der Waals surface area contributed by atoms with Gasteiger partial charge >= 0.3 is 5.97 Å². The standard InChI is InChI=1S/C10H13NO6S.C9H14O2/c1-16-7-5-3-4-6-8(7)10(13)11(9(6)12)17-18(2,14)15;1-6(10)11-9-5-7-2-3-8(9)4-7/h3,5-8H,4H2,1-2H3;7-9H,2-5H2,1H3. The van der Waals surface area contributed by atoms with Gasteiger partial charge in [-0.25, -0.2) is 0 Å². The summed E-state index contributed by atoms with van der Waals surface area (Å²) in [5, 5.41) is 0.337. The fraction of sp³-hybridized carbons (Fsp3) is 0.737. The topological polar surface area (TPSA) is 116 Å². The van der Waals surface area contributed by atoms with Gasteiger partial charge in [-0.3, -0.25) is 14.4 Å². The summed E-state index contributed by atoms with van der Waals surface area (Å²) in [7, 11) is -2.49. The molecule has 0 N–H and O–H groups in total. The molecule has 0 radical (unpaired) electrons. The first-order chi connectivity index (χ1) is 13.6. The van der Waals surface area contributed by atoms with E-state index in [2.05, 4.69) is 4.28 Å². The van der Waals surface area contributed by atoms with Crippen LogP contribution in [-0.4, -0.2) is 56.8 Å². The molecule has 1 saturated heterocycles. The molecule has 2 amide bonds. The van der Waals surface area contributed by atoms with Crippen LogP contribution < -0.4 is 0 Å². The molecule has 2 saturated carbocycles. The van der Waals surface area contributed by atoms with Gasteiger partial charge in [0, 0.05) is 14.0 Å². The van der Waals surface area contributed by atoms with E-state index in [1.807, 2.05) is 0 Å². The molecule has 4 aliphatic rings. The summed E-state index contributed by atoms with van der Waals surface area (Å²) in [4.78, 5) is 34.6. The summed E-state index contributed by atoms with van der Waals surface area (Å²) in [5.74, 6) is -1.19. The zero-order chi connectivity index (χ0) is 21.3. The van der Waals surface area contributed by atoms with Gasteiger partial charge in [0.25, 0.3) is 21.9 Å². The Morgan fingerprint density at radius 1 is 1.17 bits per heavy atom. The molecule has 1 heterocycles. The molecule has 1 aliphatic heterocycles. The van der Waals surface area contributed by atoms with Gasteiger partial charge in [-0.05, 0) is 43.9 Å². The maximum atomic E-state index is 12.0. The lowest BCUT2D eigenvalue weighted by molar-refractivity contribution is -0.166. The van der Waals surface area contributed by atoms with Gasteiger partial charge in [0.2, 0.25) is 0 Å². The molecule has 3 fully saturated rings. The van der Waals surface area contributed by atoms with Gasteiger partial charge in [-0.2, -0.15) is 8.42 Å². The summed E-state index contributed by atoms with van der Waals surface area (Å²) in [6, 6.07) is 0. The van der Waals surface area contributed by atoms with Crippen LogP contribution in [-0.2, 0) is 38.3 Å². The minimum atomic E-state index is -3.92. The molecule has 0 aromatic rings. The summed E-state index contributed by atoms with van der Waals surface area (Å²) in [6.07, 6.45) is 9.40. The highest BCUT2D eigenvalue weighted by molar-refractivity contribution is 7.85. The first-order valence-corrected chi connectivity index (χ1v) is 11.6. The molecule has 6 atom stereocenters. The predicted molar refractivity (Wildman–Crippen MR) is 100 cm³/mol. The number of carbonyl (C=O) groups excluding carboxylic acids is 3. The molecule has 29 heavy (non-hydrogen) atoms. The zero-order valence-electron chi connectivity index (χ0n) is 16.8. The summed E-state index contributed by atoms with van der Waals surface area (Å²) < 4.78 is 36.8. The number of amides is 2. The fourth-order valence-electron chi connectivity index (χ4n) is 4.79. The molecular weight excluding hydrogens is 402 g/mol. The van der Waals surface area contributed by atoms with E-state index >= 15 is 0 Å². The second-order valence-electron chi connectivity index (χ2n) is 8.07. The number of fused-ring (bicyclic) bond motifs is 3. The molecule has 0 aromatic heterocycles. The van der Waals surface area contributed by atoms with Crippen LogP contribution in [0.4, 0.5) is 0 Å². The van der Waals surface area contributed by atoms with E-state index in [0.29, 0.717) is 17.4 Å². The van der Waals surface area contributed by atoms with Gasteiger partial charge in [0.05, 0.1) is 24.2 Å². The Bertz CT molecular complexity index is 807. The maximum absolute atomic E-state index is 12.0. The average Bonchev–Trinajstić information content (AvgIpc) is 3.31. The third kappa shape index (κ3) is 4.87. The summed E-state index contributed by atoms with van der Waals surface area (Å²) in [6.45, 7) is 1.51. The molecule has 162 valence electrons. The molecule has 0 aromatic carbocycles. The number of hydroxylamine groups is 2. The molecule has 10 heteroatoms. The zero-order valence-corrected chi connectivity index (χ0v) is 17.6. The molecule has 2 bridgehead atoms. The number of allylic oxidation sites excluding steroid dienone is 1.